The van der Waals surface area contributed by atoms with Crippen LogP contribution >= 0.6 is 23.2 Å². The van der Waals surface area contributed by atoms with Crippen LogP contribution in [0.15, 0.2) is 36.4 Å². The second-order valence-corrected chi connectivity index (χ2v) is 5.32. The van der Waals surface area contributed by atoms with E-state index < -0.39 is 0 Å². The Morgan fingerprint density at radius 3 is 1.90 bits per heavy atom. The molecule has 1 N–H and O–H groups in total. The fraction of sp³-hybridized carbons (Fsp3) is 0.250. The molecule has 0 bridgehead atoms. The van der Waals surface area contributed by atoms with Gasteiger partial charge in [0.05, 0.1) is 20.3 Å². The molecule has 21 heavy (non-hydrogen) atoms. The second-order valence-electron chi connectivity index (χ2n) is 4.50. The Morgan fingerprint density at radius 1 is 0.952 bits per heavy atom. The first kappa shape index (κ1) is 16.0. The number of hydrogen-bond donors (Lipinski definition) is 1. The van der Waals surface area contributed by atoms with E-state index in [1.807, 2.05) is 43.4 Å². The highest BCUT2D eigenvalue weighted by molar-refractivity contribution is 6.36. The SMILES string of the molecule is CNC(c1cc(OC)cc(OC)c1)c1c(Cl)cccc1Cl. The number of nitrogens with one attached hydrogen (secondary N) is 1. The Balaban J connectivity index is 2.56. The minimum Gasteiger partial charge on any atom is -0.497 e. The number of methoxy groups -OCH3 is 2. The predicted octanol–water partition coefficient (Wildman–Crippen LogP) is 4.32. The maximum atomic E-state index is 6.31. The van der Waals surface area contributed by atoms with Crippen molar-refractivity contribution in [3.8, 4) is 11.5 Å². The highest BCUT2D eigenvalue weighted by Gasteiger charge is 2.19. The molecule has 1 atom stereocenters. The van der Waals surface area contributed by atoms with Crippen LogP contribution in [0.25, 0.3) is 0 Å². The number of ether oxygens (including phenoxy) is 2. The van der Waals surface area contributed by atoms with Gasteiger partial charge in [-0.05, 0) is 36.9 Å². The smallest absolute Gasteiger partial charge is 0.122 e. The lowest BCUT2D eigenvalue weighted by Crippen LogP contribution is -2.18. The molecule has 0 amide bonds. The first-order valence-corrected chi connectivity index (χ1v) is 7.20. The molecule has 0 aromatic heterocycles. The normalized spacial score (nSPS) is 12.0. The van der Waals surface area contributed by atoms with E-state index in [-0.39, 0.29) is 6.04 Å². The molecule has 0 aliphatic rings. The molecule has 5 heteroatoms. The number of benzene rings is 2. The fourth-order valence-electron chi connectivity index (χ4n) is 2.26. The van der Waals surface area contributed by atoms with Gasteiger partial charge >= 0.3 is 0 Å². The second kappa shape index (κ2) is 7.03. The Kier molecular flexibility index (Phi) is 5.34. The summed E-state index contributed by atoms with van der Waals surface area (Å²) in [7, 11) is 5.10. The van der Waals surface area contributed by atoms with Gasteiger partial charge in [-0.25, -0.2) is 0 Å². The highest BCUT2D eigenvalue weighted by Crippen LogP contribution is 2.36. The summed E-state index contributed by atoms with van der Waals surface area (Å²) in [5.41, 5.74) is 1.79. The molecular weight excluding hydrogens is 309 g/mol. The van der Waals surface area contributed by atoms with Gasteiger partial charge in [-0.2, -0.15) is 0 Å². The third kappa shape index (κ3) is 3.43. The molecule has 0 saturated carbocycles. The van der Waals surface area contributed by atoms with Crippen molar-refractivity contribution in [3.05, 3.63) is 57.6 Å². The van der Waals surface area contributed by atoms with Gasteiger partial charge in [-0.1, -0.05) is 29.3 Å². The Bertz CT molecular complexity index is 589. The Morgan fingerprint density at radius 2 is 1.48 bits per heavy atom. The van der Waals surface area contributed by atoms with Gasteiger partial charge in [0.1, 0.15) is 11.5 Å². The van der Waals surface area contributed by atoms with Crippen molar-refractivity contribution >= 4 is 23.2 Å². The largest absolute Gasteiger partial charge is 0.497 e. The molecule has 0 spiro atoms. The molecule has 0 radical (unpaired) electrons. The van der Waals surface area contributed by atoms with E-state index in [0.29, 0.717) is 21.5 Å². The molecule has 112 valence electrons. The lowest BCUT2D eigenvalue weighted by atomic mass is 9.98. The quantitative estimate of drug-likeness (QED) is 0.888. The van der Waals surface area contributed by atoms with Crippen LogP contribution in [-0.4, -0.2) is 21.3 Å². The summed E-state index contributed by atoms with van der Waals surface area (Å²) in [6.07, 6.45) is 0. The first-order valence-electron chi connectivity index (χ1n) is 6.44. The zero-order valence-corrected chi connectivity index (χ0v) is 13.6. The van der Waals surface area contributed by atoms with Crippen LogP contribution < -0.4 is 14.8 Å². The van der Waals surface area contributed by atoms with Crippen molar-refractivity contribution in [2.75, 3.05) is 21.3 Å². The molecule has 2 rings (SSSR count). The van der Waals surface area contributed by atoms with Gasteiger partial charge in [0.15, 0.2) is 0 Å². The molecule has 1 unspecified atom stereocenters. The van der Waals surface area contributed by atoms with Crippen LogP contribution in [-0.2, 0) is 0 Å². The van der Waals surface area contributed by atoms with Crippen molar-refractivity contribution in [1.29, 1.82) is 0 Å². The number of hydrogen-bond acceptors (Lipinski definition) is 3. The Hall–Kier alpha value is -1.42. The van der Waals surface area contributed by atoms with Gasteiger partial charge in [-0.3, -0.25) is 0 Å². The molecule has 3 nitrogen and oxygen atoms in total. The highest BCUT2D eigenvalue weighted by atomic mass is 35.5. The van der Waals surface area contributed by atoms with E-state index in [1.54, 1.807) is 14.2 Å². The number of rotatable bonds is 5. The summed E-state index contributed by atoms with van der Waals surface area (Å²) in [6, 6.07) is 11.0. The fourth-order valence-corrected chi connectivity index (χ4v) is 2.88. The number of halogens is 2. The standard InChI is InChI=1S/C16H17Cl2NO2/c1-19-16(15-13(17)5-4-6-14(15)18)10-7-11(20-2)9-12(8-10)21-3/h4-9,16,19H,1-3H3. The summed E-state index contributed by atoms with van der Waals surface area (Å²) in [5, 5.41) is 4.47. The molecule has 0 fully saturated rings. The van der Waals surface area contributed by atoms with Crippen LogP contribution in [0.3, 0.4) is 0 Å². The molecule has 0 aliphatic heterocycles. The van der Waals surface area contributed by atoms with E-state index in [9.17, 15) is 0 Å². The average Bonchev–Trinajstić information content (AvgIpc) is 2.50. The lowest BCUT2D eigenvalue weighted by molar-refractivity contribution is 0.392. The molecule has 0 saturated heterocycles. The molecular formula is C16H17Cl2NO2. The summed E-state index contributed by atoms with van der Waals surface area (Å²) in [4.78, 5) is 0. The zero-order valence-electron chi connectivity index (χ0n) is 12.1. The van der Waals surface area contributed by atoms with Gasteiger partial charge in [-0.15, -0.1) is 0 Å². The summed E-state index contributed by atoms with van der Waals surface area (Å²) in [6.45, 7) is 0. The van der Waals surface area contributed by atoms with Crippen molar-refractivity contribution in [2.45, 2.75) is 6.04 Å². The van der Waals surface area contributed by atoms with Gasteiger partial charge in [0.25, 0.3) is 0 Å². The molecule has 0 aliphatic carbocycles. The summed E-state index contributed by atoms with van der Waals surface area (Å²) < 4.78 is 10.6. The minimum absolute atomic E-state index is 0.157. The van der Waals surface area contributed by atoms with Crippen LogP contribution in [0.1, 0.15) is 17.2 Å². The van der Waals surface area contributed by atoms with E-state index in [4.69, 9.17) is 32.7 Å². The summed E-state index contributed by atoms with van der Waals surface area (Å²) in [5.74, 6) is 1.43. The average molecular weight is 326 g/mol. The van der Waals surface area contributed by atoms with Crippen LogP contribution in [0, 0.1) is 0 Å². The van der Waals surface area contributed by atoms with E-state index in [0.717, 1.165) is 11.1 Å². The van der Waals surface area contributed by atoms with Crippen LogP contribution in [0.2, 0.25) is 10.0 Å². The molecule has 0 heterocycles. The zero-order chi connectivity index (χ0) is 15.4. The topological polar surface area (TPSA) is 30.5 Å². The third-order valence-electron chi connectivity index (χ3n) is 3.28. The maximum absolute atomic E-state index is 6.31. The summed E-state index contributed by atoms with van der Waals surface area (Å²) >= 11 is 12.6. The van der Waals surface area contributed by atoms with Gasteiger partial charge in [0.2, 0.25) is 0 Å². The van der Waals surface area contributed by atoms with Crippen molar-refractivity contribution in [2.24, 2.45) is 0 Å². The van der Waals surface area contributed by atoms with Crippen molar-refractivity contribution in [1.82, 2.24) is 5.32 Å². The lowest BCUT2D eigenvalue weighted by Gasteiger charge is -2.21. The van der Waals surface area contributed by atoms with Gasteiger partial charge in [0, 0.05) is 21.7 Å². The monoisotopic (exact) mass is 325 g/mol. The van der Waals surface area contributed by atoms with Crippen LogP contribution in [0.4, 0.5) is 0 Å². The minimum atomic E-state index is -0.157. The van der Waals surface area contributed by atoms with Crippen LogP contribution in [0.5, 0.6) is 11.5 Å². The first-order chi connectivity index (χ1) is 10.1. The van der Waals surface area contributed by atoms with E-state index in [2.05, 4.69) is 5.32 Å². The van der Waals surface area contributed by atoms with Crippen molar-refractivity contribution in [3.63, 3.8) is 0 Å². The van der Waals surface area contributed by atoms with Crippen molar-refractivity contribution < 1.29 is 9.47 Å². The Labute approximate surface area is 134 Å². The van der Waals surface area contributed by atoms with Gasteiger partial charge < -0.3 is 14.8 Å². The maximum Gasteiger partial charge on any atom is 0.122 e. The molecule has 2 aromatic rings. The molecule has 2 aromatic carbocycles. The predicted molar refractivity (Wildman–Crippen MR) is 86.9 cm³/mol. The van der Waals surface area contributed by atoms with E-state index >= 15 is 0 Å². The third-order valence-corrected chi connectivity index (χ3v) is 3.94. The van der Waals surface area contributed by atoms with E-state index in [1.165, 1.54) is 0 Å².